The summed E-state index contributed by atoms with van der Waals surface area (Å²) in [6.07, 6.45) is 78.8. The first-order valence-corrected chi connectivity index (χ1v) is 32.2. The molecule has 0 aromatic rings. The van der Waals surface area contributed by atoms with Crippen LogP contribution in [0.25, 0.3) is 0 Å². The van der Waals surface area contributed by atoms with Gasteiger partial charge in [0.05, 0.1) is 31.0 Å². The van der Waals surface area contributed by atoms with E-state index in [1.165, 1.54) is 315 Å². The second-order valence-electron chi connectivity index (χ2n) is 23.2. The molecule has 0 radical (unpaired) electrons. The van der Waals surface area contributed by atoms with E-state index in [4.69, 9.17) is 9.47 Å². The predicted molar refractivity (Wildman–Crippen MR) is 306 cm³/mol. The molecule has 0 bridgehead atoms. The maximum Gasteiger partial charge on any atom is 0.309 e. The quantitative estimate of drug-likeness (QED) is 0.0358. The average Bonchev–Trinajstić information content (AvgIpc) is 3.44. The molecule has 1 atom stereocenters. The van der Waals surface area contributed by atoms with E-state index < -0.39 is 36.5 Å². The minimum atomic E-state index is -1.12. The number of carbonyl (C=O) groups excluding carboxylic acids is 2. The average molecular weight is 1000 g/mol. The van der Waals surface area contributed by atoms with Gasteiger partial charge in [-0.2, -0.15) is 0 Å². The fraction of sp³-hybridized carbons (Fsp3) is 0.938. The minimum Gasteiger partial charge on any atom is -0.465 e. The number of ether oxygens (including phenoxy) is 2. The zero-order valence-electron chi connectivity index (χ0n) is 47.8. The first-order chi connectivity index (χ1) is 35.1. The lowest BCUT2D eigenvalue weighted by atomic mass is 9.92. The summed E-state index contributed by atoms with van der Waals surface area (Å²) >= 11 is 0. The number of unbranched alkanes of at least 4 members (excludes halogenated alkanes) is 51. The third-order valence-corrected chi connectivity index (χ3v) is 16.1. The minimum absolute atomic E-state index is 0.00526. The number of rotatable bonds is 56. The van der Waals surface area contributed by atoms with Crippen LogP contribution in [0.3, 0.4) is 0 Å². The first-order valence-electron chi connectivity index (χ1n) is 32.2. The summed E-state index contributed by atoms with van der Waals surface area (Å²) in [7, 11) is 0. The Kier molecular flexibility index (Phi) is 52.2. The van der Waals surface area contributed by atoms with E-state index in [1.54, 1.807) is 0 Å². The van der Waals surface area contributed by atoms with Gasteiger partial charge in [0.2, 0.25) is 0 Å². The molecule has 0 aromatic heterocycles. The van der Waals surface area contributed by atoms with Gasteiger partial charge in [0.25, 0.3) is 0 Å². The zero-order valence-corrected chi connectivity index (χ0v) is 47.8. The van der Waals surface area contributed by atoms with Gasteiger partial charge in [-0.15, -0.1) is 0 Å². The van der Waals surface area contributed by atoms with Gasteiger partial charge >= 0.3 is 11.9 Å². The molecule has 0 amide bonds. The molecule has 1 saturated heterocycles. The summed E-state index contributed by atoms with van der Waals surface area (Å²) in [5.41, 5.74) is -1.12. The lowest BCUT2D eigenvalue weighted by Crippen LogP contribution is -2.40. The molecule has 2 N–H and O–H groups in total. The van der Waals surface area contributed by atoms with Crippen molar-refractivity contribution in [1.29, 1.82) is 0 Å². The van der Waals surface area contributed by atoms with Crippen LogP contribution in [0.5, 0.6) is 0 Å². The highest BCUT2D eigenvalue weighted by Crippen LogP contribution is 2.25. The summed E-state index contributed by atoms with van der Waals surface area (Å²) < 4.78 is 10.6. The van der Waals surface area contributed by atoms with Crippen LogP contribution in [0.2, 0.25) is 0 Å². The Bertz CT molecular complexity index is 1120. The Hall–Kier alpha value is -1.40. The third kappa shape index (κ3) is 46.8. The number of aliphatic hydroxyl groups excluding tert-OH is 2. The molecule has 6 nitrogen and oxygen atoms in total. The van der Waals surface area contributed by atoms with E-state index in [1.807, 2.05) is 0 Å². The largest absolute Gasteiger partial charge is 0.465 e. The fourth-order valence-electron chi connectivity index (χ4n) is 10.9. The van der Waals surface area contributed by atoms with E-state index in [0.717, 1.165) is 19.3 Å². The second-order valence-corrected chi connectivity index (χ2v) is 23.2. The van der Waals surface area contributed by atoms with Crippen molar-refractivity contribution in [2.45, 2.75) is 354 Å². The smallest absolute Gasteiger partial charge is 0.309 e. The normalized spacial score (nSPS) is 15.3. The van der Waals surface area contributed by atoms with Gasteiger partial charge in [-0.25, -0.2) is 0 Å². The molecule has 71 heavy (non-hydrogen) atoms. The second kappa shape index (κ2) is 54.8. The number of aliphatic hydroxyl groups is 2. The topological polar surface area (TPSA) is 93.1 Å². The number of hydrogen-bond acceptors (Lipinski definition) is 6. The van der Waals surface area contributed by atoms with Crippen LogP contribution in [-0.2, 0) is 19.1 Å². The molecular formula is C65H124O6. The van der Waals surface area contributed by atoms with Crippen LogP contribution in [0.15, 0.2) is 12.2 Å². The molecule has 1 rings (SSSR count). The molecule has 0 spiro atoms. The Morgan fingerprint density at radius 1 is 0.366 bits per heavy atom. The summed E-state index contributed by atoms with van der Waals surface area (Å²) in [6, 6.07) is 0. The van der Waals surface area contributed by atoms with Crippen LogP contribution >= 0.6 is 0 Å². The highest BCUT2D eigenvalue weighted by Gasteiger charge is 2.36. The highest BCUT2D eigenvalue weighted by atomic mass is 16.6. The predicted octanol–water partition coefficient (Wildman–Crippen LogP) is 20.3. The Balaban J connectivity index is 1.67. The summed E-state index contributed by atoms with van der Waals surface area (Å²) in [5.74, 6) is -1.40. The van der Waals surface area contributed by atoms with E-state index in [2.05, 4.69) is 19.1 Å². The molecule has 420 valence electrons. The van der Waals surface area contributed by atoms with Crippen molar-refractivity contribution in [1.82, 2.24) is 0 Å². The lowest BCUT2D eigenvalue weighted by Gasteiger charge is -2.27. The molecule has 0 aliphatic carbocycles. The van der Waals surface area contributed by atoms with Gasteiger partial charge in [-0.1, -0.05) is 333 Å². The number of esters is 2. The summed E-state index contributed by atoms with van der Waals surface area (Å²) in [5, 5.41) is 19.2. The van der Waals surface area contributed by atoms with Crippen LogP contribution in [0.1, 0.15) is 354 Å². The molecule has 1 unspecified atom stereocenters. The maximum atomic E-state index is 12.5. The Morgan fingerprint density at radius 3 is 0.831 bits per heavy atom. The van der Waals surface area contributed by atoms with Crippen LogP contribution in [0, 0.1) is 11.3 Å². The van der Waals surface area contributed by atoms with E-state index in [0.29, 0.717) is 6.42 Å². The van der Waals surface area contributed by atoms with Gasteiger partial charge in [-0.05, 0) is 26.2 Å². The molecule has 1 fully saturated rings. The number of allylic oxidation sites excluding steroid dienone is 2. The van der Waals surface area contributed by atoms with Gasteiger partial charge in [0.15, 0.2) is 0 Å². The van der Waals surface area contributed by atoms with Crippen LogP contribution in [-0.4, -0.2) is 48.6 Å². The number of carbonyl (C=O) groups is 2. The Labute approximate surface area is 443 Å². The van der Waals surface area contributed by atoms with E-state index >= 15 is 0 Å². The lowest BCUT2D eigenvalue weighted by molar-refractivity contribution is -0.155. The summed E-state index contributed by atoms with van der Waals surface area (Å²) in [6.45, 7) is 1.03. The SMILES string of the molecule is C/C=C/CCCCCCCCCCCCCCCCCCCCCCCCCCCCCCCCCCCCCCCCCCCCCCCCCCCCCC1CC(=O)OCC(CO)(CO)COC1=O. The molecule has 0 aromatic carbocycles. The van der Waals surface area contributed by atoms with Crippen molar-refractivity contribution in [3.8, 4) is 0 Å². The summed E-state index contributed by atoms with van der Waals surface area (Å²) in [4.78, 5) is 24.7. The monoisotopic (exact) mass is 1000 g/mol. The maximum absolute atomic E-state index is 12.5. The molecule has 1 heterocycles. The zero-order chi connectivity index (χ0) is 51.1. The molecule has 1 aliphatic heterocycles. The van der Waals surface area contributed by atoms with Gasteiger partial charge in [0.1, 0.15) is 13.2 Å². The van der Waals surface area contributed by atoms with Crippen molar-refractivity contribution in [2.24, 2.45) is 11.3 Å². The third-order valence-electron chi connectivity index (χ3n) is 16.1. The van der Waals surface area contributed by atoms with E-state index in [-0.39, 0.29) is 19.6 Å². The standard InChI is InChI=1S/C65H124O6/c1-2-3-4-5-6-7-8-9-10-11-12-13-14-15-16-17-18-19-20-21-22-23-24-25-26-27-28-29-30-31-32-33-34-35-36-37-38-39-40-41-42-43-44-45-46-47-48-49-50-51-52-53-54-55-56-62-57-63(68)70-60-65(58-66,59-67)61-71-64(62)69/h2-3,62,66-67H,4-61H2,1H3/b3-2+. The van der Waals surface area contributed by atoms with Crippen LogP contribution in [0.4, 0.5) is 0 Å². The fourth-order valence-corrected chi connectivity index (χ4v) is 10.9. The van der Waals surface area contributed by atoms with Crippen molar-refractivity contribution in [3.63, 3.8) is 0 Å². The van der Waals surface area contributed by atoms with Gasteiger partial charge in [-0.3, -0.25) is 9.59 Å². The Morgan fingerprint density at radius 2 is 0.592 bits per heavy atom. The van der Waals surface area contributed by atoms with Crippen molar-refractivity contribution in [2.75, 3.05) is 26.4 Å². The van der Waals surface area contributed by atoms with Crippen molar-refractivity contribution in [3.05, 3.63) is 12.2 Å². The van der Waals surface area contributed by atoms with Crippen molar-refractivity contribution < 1.29 is 29.3 Å². The van der Waals surface area contributed by atoms with Crippen molar-refractivity contribution >= 4 is 11.9 Å². The molecule has 0 saturated carbocycles. The van der Waals surface area contributed by atoms with Crippen LogP contribution < -0.4 is 0 Å². The van der Waals surface area contributed by atoms with E-state index in [9.17, 15) is 19.8 Å². The first kappa shape index (κ1) is 67.6. The molecule has 6 heteroatoms. The number of cyclic esters (lactones) is 2. The molecule has 1 aliphatic rings. The highest BCUT2D eigenvalue weighted by molar-refractivity contribution is 5.80. The molecular weight excluding hydrogens is 877 g/mol. The van der Waals surface area contributed by atoms with Gasteiger partial charge < -0.3 is 19.7 Å². The number of hydrogen-bond donors (Lipinski definition) is 2. The van der Waals surface area contributed by atoms with Gasteiger partial charge in [0, 0.05) is 0 Å².